The number of rotatable bonds is 1. The van der Waals surface area contributed by atoms with Crippen molar-refractivity contribution >= 4 is 21.7 Å². The van der Waals surface area contributed by atoms with Crippen molar-refractivity contribution in [1.82, 2.24) is 9.97 Å². The molecule has 3 nitrogen and oxygen atoms in total. The maximum atomic E-state index is 4.36. The Kier molecular flexibility index (Phi) is 2.72. The van der Waals surface area contributed by atoms with E-state index in [4.69, 9.17) is 0 Å². The standard InChI is InChI=1S/C10H14BrN3/c1-7-3-8(2)14(6-7)10-5-12-9(11)4-13-10/h4-5,7-8H,3,6H2,1-2H3. The molecule has 1 aliphatic heterocycles. The van der Waals surface area contributed by atoms with Gasteiger partial charge in [0.05, 0.1) is 12.4 Å². The first-order valence-electron chi connectivity index (χ1n) is 4.91. The van der Waals surface area contributed by atoms with E-state index in [0.29, 0.717) is 6.04 Å². The molecule has 1 aromatic heterocycles. The maximum absolute atomic E-state index is 4.36. The highest BCUT2D eigenvalue weighted by Crippen LogP contribution is 2.26. The molecule has 1 fully saturated rings. The molecule has 76 valence electrons. The average Bonchev–Trinajstić information content (AvgIpc) is 2.47. The quantitative estimate of drug-likeness (QED) is 0.772. The van der Waals surface area contributed by atoms with Crippen molar-refractivity contribution in [3.63, 3.8) is 0 Å². The Morgan fingerprint density at radius 1 is 1.36 bits per heavy atom. The summed E-state index contributed by atoms with van der Waals surface area (Å²) < 4.78 is 0.793. The average molecular weight is 256 g/mol. The molecule has 2 rings (SSSR count). The third-order valence-corrected chi connectivity index (χ3v) is 3.09. The number of nitrogens with zero attached hydrogens (tertiary/aromatic N) is 3. The van der Waals surface area contributed by atoms with Crippen molar-refractivity contribution in [1.29, 1.82) is 0 Å². The predicted octanol–water partition coefficient (Wildman–Crippen LogP) is 2.47. The van der Waals surface area contributed by atoms with Crippen molar-refractivity contribution in [2.24, 2.45) is 5.92 Å². The number of hydrogen-bond donors (Lipinski definition) is 0. The summed E-state index contributed by atoms with van der Waals surface area (Å²) in [5.41, 5.74) is 0. The van der Waals surface area contributed by atoms with E-state index in [9.17, 15) is 0 Å². The van der Waals surface area contributed by atoms with Gasteiger partial charge < -0.3 is 4.90 Å². The van der Waals surface area contributed by atoms with Gasteiger partial charge >= 0.3 is 0 Å². The largest absolute Gasteiger partial charge is 0.352 e. The number of aromatic nitrogens is 2. The Bertz CT molecular complexity index is 312. The molecule has 0 radical (unpaired) electrons. The molecular formula is C10H14BrN3. The molecule has 0 spiro atoms. The molecule has 14 heavy (non-hydrogen) atoms. The minimum Gasteiger partial charge on any atom is -0.352 e. The number of anilines is 1. The summed E-state index contributed by atoms with van der Waals surface area (Å²) in [5, 5.41) is 0. The monoisotopic (exact) mass is 255 g/mol. The molecule has 2 atom stereocenters. The van der Waals surface area contributed by atoms with Crippen LogP contribution in [0.25, 0.3) is 0 Å². The summed E-state index contributed by atoms with van der Waals surface area (Å²) in [5.74, 6) is 1.75. The second-order valence-electron chi connectivity index (χ2n) is 4.04. The van der Waals surface area contributed by atoms with Gasteiger partial charge in [0.25, 0.3) is 0 Å². The first-order valence-corrected chi connectivity index (χ1v) is 5.70. The molecule has 0 saturated carbocycles. The second kappa shape index (κ2) is 3.85. The van der Waals surface area contributed by atoms with Crippen LogP contribution in [0.5, 0.6) is 0 Å². The second-order valence-corrected chi connectivity index (χ2v) is 4.85. The molecular weight excluding hydrogens is 242 g/mol. The third-order valence-electron chi connectivity index (χ3n) is 2.68. The fraction of sp³-hybridized carbons (Fsp3) is 0.600. The van der Waals surface area contributed by atoms with Crippen molar-refractivity contribution in [3.05, 3.63) is 17.0 Å². The van der Waals surface area contributed by atoms with E-state index in [2.05, 4.69) is 44.6 Å². The minimum atomic E-state index is 0.584. The molecule has 2 unspecified atom stereocenters. The summed E-state index contributed by atoms with van der Waals surface area (Å²) >= 11 is 3.29. The molecule has 4 heteroatoms. The van der Waals surface area contributed by atoms with Gasteiger partial charge in [0.15, 0.2) is 0 Å². The van der Waals surface area contributed by atoms with Gasteiger partial charge in [-0.3, -0.25) is 0 Å². The number of halogens is 1. The van der Waals surface area contributed by atoms with Gasteiger partial charge in [-0.15, -0.1) is 0 Å². The maximum Gasteiger partial charge on any atom is 0.147 e. The molecule has 1 aliphatic rings. The van der Waals surface area contributed by atoms with Crippen LogP contribution in [0.3, 0.4) is 0 Å². The van der Waals surface area contributed by atoms with Gasteiger partial charge in [-0.1, -0.05) is 6.92 Å². The van der Waals surface area contributed by atoms with Crippen LogP contribution in [0, 0.1) is 5.92 Å². The van der Waals surface area contributed by atoms with Gasteiger partial charge in [0, 0.05) is 12.6 Å². The molecule has 1 saturated heterocycles. The van der Waals surface area contributed by atoms with Gasteiger partial charge in [-0.2, -0.15) is 0 Å². The lowest BCUT2D eigenvalue weighted by atomic mass is 10.1. The Morgan fingerprint density at radius 3 is 2.64 bits per heavy atom. The van der Waals surface area contributed by atoms with E-state index in [1.54, 1.807) is 6.20 Å². The zero-order valence-corrected chi connectivity index (χ0v) is 10.0. The molecule has 0 aromatic carbocycles. The Labute approximate surface area is 92.7 Å². The highest BCUT2D eigenvalue weighted by atomic mass is 79.9. The zero-order chi connectivity index (χ0) is 10.1. The van der Waals surface area contributed by atoms with Crippen molar-refractivity contribution < 1.29 is 0 Å². The summed E-state index contributed by atoms with van der Waals surface area (Å²) in [6.45, 7) is 5.62. The van der Waals surface area contributed by atoms with E-state index in [-0.39, 0.29) is 0 Å². The van der Waals surface area contributed by atoms with E-state index in [1.807, 2.05) is 6.20 Å². The zero-order valence-electron chi connectivity index (χ0n) is 8.44. The summed E-state index contributed by atoms with van der Waals surface area (Å²) in [4.78, 5) is 10.9. The molecule has 1 aromatic rings. The summed E-state index contributed by atoms with van der Waals surface area (Å²) in [6, 6.07) is 0.584. The Morgan fingerprint density at radius 2 is 2.14 bits per heavy atom. The normalized spacial score (nSPS) is 26.9. The molecule has 2 heterocycles. The SMILES string of the molecule is CC1CC(C)N(c2cnc(Br)cn2)C1. The summed E-state index contributed by atoms with van der Waals surface area (Å²) in [7, 11) is 0. The van der Waals surface area contributed by atoms with Crippen LogP contribution in [0.2, 0.25) is 0 Å². The van der Waals surface area contributed by atoms with Crippen molar-refractivity contribution in [2.75, 3.05) is 11.4 Å². The molecule has 0 bridgehead atoms. The molecule has 0 aliphatic carbocycles. The molecule has 0 N–H and O–H groups in total. The third kappa shape index (κ3) is 1.90. The van der Waals surface area contributed by atoms with E-state index >= 15 is 0 Å². The van der Waals surface area contributed by atoms with Crippen LogP contribution in [0.1, 0.15) is 20.3 Å². The first kappa shape index (κ1) is 9.90. The summed E-state index contributed by atoms with van der Waals surface area (Å²) in [6.07, 6.45) is 4.83. The van der Waals surface area contributed by atoms with Crippen LogP contribution in [0.4, 0.5) is 5.82 Å². The van der Waals surface area contributed by atoms with E-state index < -0.39 is 0 Å². The van der Waals surface area contributed by atoms with Gasteiger partial charge in [-0.25, -0.2) is 9.97 Å². The lowest BCUT2D eigenvalue weighted by Crippen LogP contribution is -2.27. The highest BCUT2D eigenvalue weighted by molar-refractivity contribution is 9.10. The highest BCUT2D eigenvalue weighted by Gasteiger charge is 2.26. The van der Waals surface area contributed by atoms with Crippen LogP contribution >= 0.6 is 15.9 Å². The van der Waals surface area contributed by atoms with E-state index in [0.717, 1.165) is 22.9 Å². The van der Waals surface area contributed by atoms with Gasteiger partial charge in [-0.05, 0) is 35.2 Å². The lowest BCUT2D eigenvalue weighted by molar-refractivity contribution is 0.625. The smallest absolute Gasteiger partial charge is 0.147 e. The first-order chi connectivity index (χ1) is 6.66. The predicted molar refractivity (Wildman–Crippen MR) is 60.3 cm³/mol. The minimum absolute atomic E-state index is 0.584. The topological polar surface area (TPSA) is 29.0 Å². The fourth-order valence-corrected chi connectivity index (χ4v) is 2.28. The molecule has 0 amide bonds. The lowest BCUT2D eigenvalue weighted by Gasteiger charge is -2.21. The van der Waals surface area contributed by atoms with Gasteiger partial charge in [0.1, 0.15) is 10.4 Å². The van der Waals surface area contributed by atoms with Gasteiger partial charge in [0.2, 0.25) is 0 Å². The van der Waals surface area contributed by atoms with Crippen LogP contribution in [-0.4, -0.2) is 22.6 Å². The van der Waals surface area contributed by atoms with E-state index in [1.165, 1.54) is 6.42 Å². The van der Waals surface area contributed by atoms with Crippen molar-refractivity contribution in [2.45, 2.75) is 26.3 Å². The Balaban J connectivity index is 2.19. The van der Waals surface area contributed by atoms with Crippen LogP contribution in [0.15, 0.2) is 17.0 Å². The van der Waals surface area contributed by atoms with Crippen LogP contribution in [-0.2, 0) is 0 Å². The Hall–Kier alpha value is -0.640. The van der Waals surface area contributed by atoms with Crippen molar-refractivity contribution in [3.8, 4) is 0 Å². The van der Waals surface area contributed by atoms with Crippen LogP contribution < -0.4 is 4.90 Å². The number of hydrogen-bond acceptors (Lipinski definition) is 3. The fourth-order valence-electron chi connectivity index (χ4n) is 2.07.